The largest absolute Gasteiger partial charge is 0.462 e. The molecule has 4 aliphatic carbocycles. The maximum absolute atomic E-state index is 12.7. The highest BCUT2D eigenvalue weighted by Crippen LogP contribution is 2.67. The molecule has 0 aliphatic heterocycles. The second-order valence-electron chi connectivity index (χ2n) is 16.2. The summed E-state index contributed by atoms with van der Waals surface area (Å²) < 4.78 is 6.09. The van der Waals surface area contributed by atoms with E-state index in [0.717, 1.165) is 54.8 Å². The zero-order chi connectivity index (χ0) is 29.5. The van der Waals surface area contributed by atoms with Gasteiger partial charge in [0, 0.05) is 12.8 Å². The van der Waals surface area contributed by atoms with Gasteiger partial charge in [-0.1, -0.05) is 124 Å². The Morgan fingerprint density at radius 3 is 2.27 bits per heavy atom. The van der Waals surface area contributed by atoms with Crippen molar-refractivity contribution < 1.29 is 9.53 Å². The Morgan fingerprint density at radius 2 is 1.56 bits per heavy atom. The normalized spacial score (nSPS) is 35.4. The summed E-state index contributed by atoms with van der Waals surface area (Å²) in [6.07, 6.45) is 29.6. The van der Waals surface area contributed by atoms with Gasteiger partial charge in [0.2, 0.25) is 0 Å². The molecule has 0 radical (unpaired) electrons. The van der Waals surface area contributed by atoms with Crippen LogP contribution in [0.2, 0.25) is 0 Å². The number of allylic oxidation sites excluding steroid dienone is 1. The first-order valence-corrected chi connectivity index (χ1v) is 18.6. The zero-order valence-corrected chi connectivity index (χ0v) is 28.3. The van der Waals surface area contributed by atoms with Crippen LogP contribution in [0.3, 0.4) is 0 Å². The van der Waals surface area contributed by atoms with Crippen LogP contribution in [0.15, 0.2) is 11.6 Å². The summed E-state index contributed by atoms with van der Waals surface area (Å²) in [5.74, 6) is 5.34. The van der Waals surface area contributed by atoms with Crippen molar-refractivity contribution in [3.63, 3.8) is 0 Å². The number of fused-ring (bicyclic) bond motifs is 5. The topological polar surface area (TPSA) is 26.3 Å². The van der Waals surface area contributed by atoms with E-state index in [2.05, 4.69) is 47.6 Å². The SMILES string of the molecule is CCCCCCCCCCCC(=O)O[13C@H]1CC[C@@]2(C)C(=CC[C@H]3[C@@H]4CC[C@H]([C@H](C)CCCC(C)C)[C@@]4(C)CC[C@@H]32)C1. The summed E-state index contributed by atoms with van der Waals surface area (Å²) in [6, 6.07) is 0. The van der Waals surface area contributed by atoms with E-state index in [1.54, 1.807) is 5.57 Å². The van der Waals surface area contributed by atoms with Crippen molar-refractivity contribution in [2.75, 3.05) is 0 Å². The van der Waals surface area contributed by atoms with Crippen LogP contribution in [0, 0.1) is 46.3 Å². The van der Waals surface area contributed by atoms with Crippen molar-refractivity contribution in [2.45, 2.75) is 182 Å². The molecule has 0 saturated heterocycles. The molecule has 0 spiro atoms. The molecule has 0 unspecified atom stereocenters. The molecule has 4 rings (SSSR count). The monoisotopic (exact) mass is 570 g/mol. The third kappa shape index (κ3) is 8.03. The zero-order valence-electron chi connectivity index (χ0n) is 28.3. The highest BCUT2D eigenvalue weighted by Gasteiger charge is 2.59. The average molecular weight is 570 g/mol. The van der Waals surface area contributed by atoms with Gasteiger partial charge in [-0.25, -0.2) is 0 Å². The van der Waals surface area contributed by atoms with Crippen LogP contribution in [-0.4, -0.2) is 12.1 Å². The summed E-state index contributed by atoms with van der Waals surface area (Å²) in [7, 11) is 0. The predicted molar refractivity (Wildman–Crippen MR) is 175 cm³/mol. The third-order valence-corrected chi connectivity index (χ3v) is 13.0. The molecule has 0 aromatic rings. The molecule has 0 N–H and O–H groups in total. The molecule has 2 nitrogen and oxygen atoms in total. The van der Waals surface area contributed by atoms with Gasteiger partial charge in [0.1, 0.15) is 6.10 Å². The van der Waals surface area contributed by atoms with Gasteiger partial charge in [-0.3, -0.25) is 4.79 Å². The van der Waals surface area contributed by atoms with Crippen LogP contribution in [-0.2, 0) is 9.53 Å². The number of hydrogen-bond acceptors (Lipinski definition) is 2. The minimum Gasteiger partial charge on any atom is -0.462 e. The summed E-state index contributed by atoms with van der Waals surface area (Å²) in [6.45, 7) is 14.9. The molecule has 0 bridgehead atoms. The minimum absolute atomic E-state index is 0.0591. The van der Waals surface area contributed by atoms with Gasteiger partial charge < -0.3 is 4.74 Å². The first-order valence-electron chi connectivity index (χ1n) is 18.6. The van der Waals surface area contributed by atoms with Crippen LogP contribution < -0.4 is 0 Å². The highest BCUT2D eigenvalue weighted by molar-refractivity contribution is 5.69. The summed E-state index contributed by atoms with van der Waals surface area (Å²) in [5, 5.41) is 0. The van der Waals surface area contributed by atoms with E-state index in [-0.39, 0.29) is 12.1 Å². The van der Waals surface area contributed by atoms with E-state index in [9.17, 15) is 4.79 Å². The Morgan fingerprint density at radius 1 is 0.854 bits per heavy atom. The lowest BCUT2D eigenvalue weighted by Gasteiger charge is -2.58. The quantitative estimate of drug-likeness (QED) is 0.0799. The van der Waals surface area contributed by atoms with E-state index < -0.39 is 0 Å². The Bertz CT molecular complexity index is 843. The summed E-state index contributed by atoms with van der Waals surface area (Å²) in [4.78, 5) is 12.7. The molecule has 8 atom stereocenters. The molecule has 3 fully saturated rings. The van der Waals surface area contributed by atoms with E-state index in [4.69, 9.17) is 4.74 Å². The van der Waals surface area contributed by atoms with Crippen molar-refractivity contribution >= 4 is 5.97 Å². The molecule has 236 valence electrons. The second kappa shape index (κ2) is 15.3. The van der Waals surface area contributed by atoms with Crippen molar-refractivity contribution in [3.8, 4) is 0 Å². The Labute approximate surface area is 255 Å². The van der Waals surface area contributed by atoms with Crippen LogP contribution >= 0.6 is 0 Å². The first kappa shape index (κ1) is 33.1. The van der Waals surface area contributed by atoms with E-state index in [0.29, 0.717) is 17.3 Å². The highest BCUT2D eigenvalue weighted by atomic mass is 16.6. The minimum atomic E-state index is 0.0591. The fourth-order valence-corrected chi connectivity index (χ4v) is 10.6. The van der Waals surface area contributed by atoms with Crippen LogP contribution in [0.5, 0.6) is 0 Å². The number of carbonyl (C=O) groups is 1. The molecule has 0 amide bonds. The van der Waals surface area contributed by atoms with Crippen molar-refractivity contribution in [2.24, 2.45) is 46.3 Å². The van der Waals surface area contributed by atoms with Crippen molar-refractivity contribution in [3.05, 3.63) is 11.6 Å². The number of unbranched alkanes of at least 4 members (excludes halogenated alkanes) is 8. The van der Waals surface area contributed by atoms with Gasteiger partial charge in [0.05, 0.1) is 0 Å². The number of hydrogen-bond donors (Lipinski definition) is 0. The first-order chi connectivity index (χ1) is 19.7. The summed E-state index contributed by atoms with van der Waals surface area (Å²) in [5.41, 5.74) is 2.54. The van der Waals surface area contributed by atoms with Gasteiger partial charge in [-0.2, -0.15) is 0 Å². The fraction of sp³-hybridized carbons (Fsp3) is 0.923. The van der Waals surface area contributed by atoms with Crippen molar-refractivity contribution in [1.29, 1.82) is 0 Å². The average Bonchev–Trinajstić information content (AvgIpc) is 3.29. The maximum Gasteiger partial charge on any atom is 0.306 e. The van der Waals surface area contributed by atoms with Gasteiger partial charge in [0.25, 0.3) is 0 Å². The molecule has 41 heavy (non-hydrogen) atoms. The molecule has 0 aromatic carbocycles. The lowest BCUT2D eigenvalue weighted by molar-refractivity contribution is -0.151. The predicted octanol–water partition coefficient (Wildman–Crippen LogP) is 11.9. The molecule has 4 aliphatic rings. The number of carbonyl (C=O) groups excluding carboxylic acids is 1. The smallest absolute Gasteiger partial charge is 0.306 e. The number of ether oxygens (including phenoxy) is 1. The van der Waals surface area contributed by atoms with E-state index >= 15 is 0 Å². The number of esters is 1. The lowest BCUT2D eigenvalue weighted by Crippen LogP contribution is -2.51. The third-order valence-electron chi connectivity index (χ3n) is 13.0. The molecule has 2 heteroatoms. The maximum atomic E-state index is 12.7. The van der Waals surface area contributed by atoms with Crippen LogP contribution in [0.25, 0.3) is 0 Å². The van der Waals surface area contributed by atoms with Gasteiger partial charge >= 0.3 is 5.97 Å². The molecular formula is C39H68O2. The summed E-state index contributed by atoms with van der Waals surface area (Å²) >= 11 is 0. The fourth-order valence-electron chi connectivity index (χ4n) is 10.6. The number of rotatable bonds is 16. The van der Waals surface area contributed by atoms with E-state index in [1.165, 1.54) is 109 Å². The lowest BCUT2D eigenvalue weighted by atomic mass is 9.47. The molecule has 0 aromatic heterocycles. The molecule has 0 heterocycles. The van der Waals surface area contributed by atoms with Gasteiger partial charge in [0.15, 0.2) is 0 Å². The van der Waals surface area contributed by atoms with Gasteiger partial charge in [-0.05, 0) is 97.7 Å². The van der Waals surface area contributed by atoms with Crippen LogP contribution in [0.4, 0.5) is 0 Å². The Kier molecular flexibility index (Phi) is 12.3. The van der Waals surface area contributed by atoms with Gasteiger partial charge in [-0.15, -0.1) is 0 Å². The molecular weight excluding hydrogens is 501 g/mol. The standard InChI is InChI=1S/C39H68O2/c1-7-8-9-10-11-12-13-14-15-19-37(40)41-32-24-26-38(5)31(28-32)20-21-33-35-23-22-34(30(4)18-16-17-29(2)3)39(35,6)27-25-36(33)38/h20,29-30,32-36H,7-19,21-28H2,1-6H3/t30-,32+,33+,34-,35+,36+,38+,39-/m1/s1/i32+1. The molecule has 3 saturated carbocycles. The second-order valence-corrected chi connectivity index (χ2v) is 16.2. The Hall–Kier alpha value is -0.790. The Balaban J connectivity index is 1.24. The van der Waals surface area contributed by atoms with Crippen molar-refractivity contribution in [1.82, 2.24) is 0 Å². The van der Waals surface area contributed by atoms with E-state index in [1.807, 2.05) is 0 Å². The van der Waals surface area contributed by atoms with Crippen LogP contribution in [0.1, 0.15) is 176 Å².